The van der Waals surface area contributed by atoms with Crippen LogP contribution in [0.1, 0.15) is 28.0 Å². The predicted molar refractivity (Wildman–Crippen MR) is 50.7 cm³/mol. The lowest BCUT2D eigenvalue weighted by Crippen LogP contribution is -2.07. The summed E-state index contributed by atoms with van der Waals surface area (Å²) in [6, 6.07) is 2.00. The largest absolute Gasteiger partial charge is 0.365 e. The first-order chi connectivity index (χ1) is 7.88. The number of rotatable bonds is 3. The molecule has 88 valence electrons. The molecule has 9 heteroatoms. The lowest BCUT2D eigenvalue weighted by atomic mass is 10.1. The summed E-state index contributed by atoms with van der Waals surface area (Å²) >= 11 is 5.04. The van der Waals surface area contributed by atoms with Crippen molar-refractivity contribution in [2.45, 2.75) is 6.43 Å². The molecule has 1 aromatic heterocycles. The van der Waals surface area contributed by atoms with E-state index in [1.807, 2.05) is 0 Å². The second-order valence-electron chi connectivity index (χ2n) is 2.73. The van der Waals surface area contributed by atoms with Gasteiger partial charge >= 0.3 is 12.2 Å². The molecule has 1 heterocycles. The summed E-state index contributed by atoms with van der Waals surface area (Å²) in [5.74, 6) is -0.946. The number of halogens is 3. The summed E-state index contributed by atoms with van der Waals surface area (Å²) < 4.78 is 25.1. The number of aromatic nitrogens is 1. The molecule has 1 rings (SSSR count). The van der Waals surface area contributed by atoms with Crippen LogP contribution in [0.15, 0.2) is 6.07 Å². The summed E-state index contributed by atoms with van der Waals surface area (Å²) in [6.45, 7) is 0. The molecule has 0 N–H and O–H groups in total. The van der Waals surface area contributed by atoms with Gasteiger partial charge in [-0.25, -0.2) is 8.78 Å². The van der Waals surface area contributed by atoms with Crippen LogP contribution in [-0.4, -0.2) is 15.1 Å². The van der Waals surface area contributed by atoms with E-state index < -0.39 is 39.2 Å². The van der Waals surface area contributed by atoms with Crippen LogP contribution < -0.4 is 0 Å². The molecule has 1 aromatic rings. The van der Waals surface area contributed by atoms with E-state index in [0.29, 0.717) is 6.07 Å². The van der Waals surface area contributed by atoms with E-state index in [2.05, 4.69) is 4.98 Å². The van der Waals surface area contributed by atoms with Gasteiger partial charge in [-0.3, -0.25) is 4.79 Å². The molecule has 0 aliphatic rings. The number of alkyl halides is 2. The normalized spacial score (nSPS) is 10.1. The number of hydrogen-bond acceptors (Lipinski definition) is 5. The highest BCUT2D eigenvalue weighted by Crippen LogP contribution is 2.27. The van der Waals surface area contributed by atoms with Crippen molar-refractivity contribution in [3.63, 3.8) is 0 Å². The van der Waals surface area contributed by atoms with Gasteiger partial charge in [-0.2, -0.15) is 5.26 Å². The molecular formula is C8H2ClF2N3O3. The van der Waals surface area contributed by atoms with E-state index in [9.17, 15) is 23.7 Å². The Hall–Kier alpha value is -2.14. The van der Waals surface area contributed by atoms with E-state index >= 15 is 0 Å². The molecule has 0 fully saturated rings. The van der Waals surface area contributed by atoms with Crippen LogP contribution in [0.25, 0.3) is 0 Å². The van der Waals surface area contributed by atoms with Gasteiger partial charge in [0, 0.05) is 0 Å². The molecule has 0 amide bonds. The van der Waals surface area contributed by atoms with Crippen molar-refractivity contribution in [1.29, 1.82) is 5.26 Å². The Bertz CT molecular complexity index is 542. The summed E-state index contributed by atoms with van der Waals surface area (Å²) in [4.78, 5) is 23.2. The fourth-order valence-electron chi connectivity index (χ4n) is 1.10. The van der Waals surface area contributed by atoms with Crippen molar-refractivity contribution in [3.05, 3.63) is 33.0 Å². The van der Waals surface area contributed by atoms with Gasteiger partial charge in [0.25, 0.3) is 5.24 Å². The first-order valence-corrected chi connectivity index (χ1v) is 4.33. The fraction of sp³-hybridized carbons (Fsp3) is 0.125. The van der Waals surface area contributed by atoms with Gasteiger partial charge in [0.05, 0.1) is 11.6 Å². The monoisotopic (exact) mass is 261 g/mol. The number of carbonyl (C=O) groups is 1. The topological polar surface area (TPSA) is 96.9 Å². The van der Waals surface area contributed by atoms with Crippen molar-refractivity contribution in [3.8, 4) is 6.07 Å². The molecular weight excluding hydrogens is 260 g/mol. The number of pyridine rings is 1. The van der Waals surface area contributed by atoms with Gasteiger partial charge in [0.2, 0.25) is 5.69 Å². The average Bonchev–Trinajstić information content (AvgIpc) is 2.26. The Labute approximate surface area is 97.6 Å². The molecule has 0 saturated heterocycles. The maximum atomic E-state index is 12.5. The molecule has 0 aliphatic carbocycles. The van der Waals surface area contributed by atoms with E-state index in [1.165, 1.54) is 6.07 Å². The first kappa shape index (κ1) is 12.9. The third-order valence-corrected chi connectivity index (χ3v) is 1.93. The Morgan fingerprint density at radius 3 is 2.59 bits per heavy atom. The number of nitro groups is 1. The van der Waals surface area contributed by atoms with E-state index in [-0.39, 0.29) is 0 Å². The molecule has 0 atom stereocenters. The standard InChI is InChI=1S/C8H2ClF2N3O3/c9-7(15)5-3(2-12)1-4(14(16)17)13-6(5)8(10)11/h1,8H. The highest BCUT2D eigenvalue weighted by Gasteiger charge is 2.30. The van der Waals surface area contributed by atoms with Gasteiger partial charge in [-0.15, -0.1) is 0 Å². The number of hydrogen-bond donors (Lipinski definition) is 0. The zero-order valence-corrected chi connectivity index (χ0v) is 8.61. The maximum absolute atomic E-state index is 12.5. The van der Waals surface area contributed by atoms with Gasteiger partial charge in [0.1, 0.15) is 11.6 Å². The maximum Gasteiger partial charge on any atom is 0.365 e. The Morgan fingerprint density at radius 1 is 1.65 bits per heavy atom. The van der Waals surface area contributed by atoms with Crippen molar-refractivity contribution >= 4 is 22.7 Å². The molecule has 0 unspecified atom stereocenters. The lowest BCUT2D eigenvalue weighted by Gasteiger charge is -2.02. The number of nitriles is 1. The predicted octanol–water partition coefficient (Wildman–Crippen LogP) is 2.18. The summed E-state index contributed by atoms with van der Waals surface area (Å²) in [6.07, 6.45) is -3.25. The highest BCUT2D eigenvalue weighted by atomic mass is 35.5. The molecule has 17 heavy (non-hydrogen) atoms. The van der Waals surface area contributed by atoms with Crippen molar-refractivity contribution in [2.24, 2.45) is 0 Å². The first-order valence-electron chi connectivity index (χ1n) is 3.96. The second-order valence-corrected chi connectivity index (χ2v) is 3.07. The summed E-state index contributed by atoms with van der Waals surface area (Å²) in [7, 11) is 0. The molecule has 0 bridgehead atoms. The SMILES string of the molecule is N#Cc1cc([N+](=O)[O-])nc(C(F)F)c1C(=O)Cl. The van der Waals surface area contributed by atoms with Gasteiger partial charge < -0.3 is 10.1 Å². The van der Waals surface area contributed by atoms with Crippen molar-refractivity contribution < 1.29 is 18.5 Å². The third-order valence-electron chi connectivity index (χ3n) is 1.74. The van der Waals surface area contributed by atoms with Crippen LogP contribution in [-0.2, 0) is 0 Å². The van der Waals surface area contributed by atoms with Crippen LogP contribution in [0.4, 0.5) is 14.6 Å². The van der Waals surface area contributed by atoms with Crippen LogP contribution in [0.5, 0.6) is 0 Å². The average molecular weight is 262 g/mol. The van der Waals surface area contributed by atoms with Crippen LogP contribution in [0.3, 0.4) is 0 Å². The van der Waals surface area contributed by atoms with E-state index in [1.54, 1.807) is 0 Å². The van der Waals surface area contributed by atoms with Crippen LogP contribution >= 0.6 is 11.6 Å². The molecule has 0 radical (unpaired) electrons. The zero-order valence-electron chi connectivity index (χ0n) is 7.85. The molecule has 0 spiro atoms. The minimum atomic E-state index is -3.25. The van der Waals surface area contributed by atoms with Crippen LogP contribution in [0, 0.1) is 21.4 Å². The Balaban J connectivity index is 3.65. The van der Waals surface area contributed by atoms with Gasteiger partial charge in [-0.1, -0.05) is 0 Å². The fourth-order valence-corrected chi connectivity index (χ4v) is 1.30. The third kappa shape index (κ3) is 2.51. The van der Waals surface area contributed by atoms with E-state index in [0.717, 1.165) is 0 Å². The molecule has 0 aromatic carbocycles. The van der Waals surface area contributed by atoms with Gasteiger partial charge in [0.15, 0.2) is 0 Å². The number of carbonyl (C=O) groups excluding carboxylic acids is 1. The van der Waals surface area contributed by atoms with Gasteiger partial charge in [-0.05, 0) is 21.5 Å². The van der Waals surface area contributed by atoms with E-state index in [4.69, 9.17) is 16.9 Å². The van der Waals surface area contributed by atoms with Crippen molar-refractivity contribution in [2.75, 3.05) is 0 Å². The quantitative estimate of drug-likeness (QED) is 0.472. The summed E-state index contributed by atoms with van der Waals surface area (Å²) in [5, 5.41) is 17.7. The molecule has 0 aliphatic heterocycles. The Kier molecular flexibility index (Phi) is 3.65. The van der Waals surface area contributed by atoms with Crippen molar-refractivity contribution in [1.82, 2.24) is 4.98 Å². The Morgan fingerprint density at radius 2 is 2.24 bits per heavy atom. The van der Waals surface area contributed by atoms with Crippen LogP contribution in [0.2, 0.25) is 0 Å². The molecule has 6 nitrogen and oxygen atoms in total. The minimum absolute atomic E-state index is 0.609. The summed E-state index contributed by atoms with van der Waals surface area (Å²) in [5.41, 5.74) is -2.59. The number of nitrogens with zero attached hydrogens (tertiary/aromatic N) is 3. The minimum Gasteiger partial charge on any atom is -0.358 e. The smallest absolute Gasteiger partial charge is 0.358 e. The molecule has 0 saturated carbocycles. The zero-order chi connectivity index (χ0) is 13.2. The second kappa shape index (κ2) is 4.80. The lowest BCUT2D eigenvalue weighted by molar-refractivity contribution is -0.389. The highest BCUT2D eigenvalue weighted by molar-refractivity contribution is 6.68.